The Morgan fingerprint density at radius 3 is 3.00 bits per heavy atom. The van der Waals surface area contributed by atoms with Crippen LogP contribution in [0.15, 0.2) is 35.7 Å². The first-order valence-electron chi connectivity index (χ1n) is 8.13. The lowest BCUT2D eigenvalue weighted by Gasteiger charge is -2.36. The van der Waals surface area contributed by atoms with Crippen molar-refractivity contribution in [3.05, 3.63) is 56.7 Å². The Bertz CT molecular complexity index is 707. The highest BCUT2D eigenvalue weighted by atomic mass is 35.5. The van der Waals surface area contributed by atoms with Crippen LogP contribution in [0.2, 0.25) is 5.02 Å². The zero-order valence-electron chi connectivity index (χ0n) is 14.1. The molecule has 2 N–H and O–H groups in total. The summed E-state index contributed by atoms with van der Waals surface area (Å²) >= 11 is 7.81. The third-order valence-electron chi connectivity index (χ3n) is 4.35. The molecular formula is C18H23Cl2N3OS. The Morgan fingerprint density at radius 2 is 2.28 bits per heavy atom. The van der Waals surface area contributed by atoms with E-state index in [1.54, 1.807) is 11.3 Å². The number of piperazine rings is 1. The Morgan fingerprint density at radius 1 is 1.44 bits per heavy atom. The van der Waals surface area contributed by atoms with Gasteiger partial charge in [0.15, 0.2) is 0 Å². The molecule has 3 rings (SSSR count). The van der Waals surface area contributed by atoms with Crippen LogP contribution >= 0.6 is 35.3 Å². The first-order valence-corrected chi connectivity index (χ1v) is 9.39. The van der Waals surface area contributed by atoms with Crippen molar-refractivity contribution in [2.24, 2.45) is 0 Å². The van der Waals surface area contributed by atoms with E-state index in [2.05, 4.69) is 40.0 Å². The van der Waals surface area contributed by atoms with Gasteiger partial charge in [0.1, 0.15) is 0 Å². The van der Waals surface area contributed by atoms with Gasteiger partial charge in [0, 0.05) is 35.6 Å². The molecule has 7 heteroatoms. The standard InChI is InChI=1S/C18H22ClN3OS.ClH/c1-13-5-8-24-17(13)11-21-18(23)12-22-7-6-20-10-16(22)14-3-2-4-15(19)9-14;/h2-5,8-9,16,20H,6-7,10-12H2,1H3,(H,21,23);1H. The number of nitrogens with one attached hydrogen (secondary N) is 2. The summed E-state index contributed by atoms with van der Waals surface area (Å²) in [5.74, 6) is 0.0664. The Hall–Kier alpha value is -1.11. The number of carbonyl (C=O) groups is 1. The molecular weight excluding hydrogens is 377 g/mol. The fourth-order valence-corrected chi connectivity index (χ4v) is 4.03. The summed E-state index contributed by atoms with van der Waals surface area (Å²) in [6, 6.07) is 10.2. The van der Waals surface area contributed by atoms with Gasteiger partial charge >= 0.3 is 0 Å². The summed E-state index contributed by atoms with van der Waals surface area (Å²) in [6.45, 7) is 5.66. The van der Waals surface area contributed by atoms with Crippen molar-refractivity contribution >= 4 is 41.3 Å². The van der Waals surface area contributed by atoms with Crippen LogP contribution in [0.5, 0.6) is 0 Å². The zero-order chi connectivity index (χ0) is 16.9. The molecule has 25 heavy (non-hydrogen) atoms. The van der Waals surface area contributed by atoms with Crippen LogP contribution in [0, 0.1) is 6.92 Å². The number of hydrogen-bond acceptors (Lipinski definition) is 4. The molecule has 2 aromatic rings. The molecule has 0 aliphatic carbocycles. The number of nitrogens with zero attached hydrogens (tertiary/aromatic N) is 1. The molecule has 1 fully saturated rings. The third-order valence-corrected chi connectivity index (χ3v) is 5.61. The van der Waals surface area contributed by atoms with E-state index in [9.17, 15) is 4.79 Å². The van der Waals surface area contributed by atoms with Crippen molar-refractivity contribution < 1.29 is 4.79 Å². The smallest absolute Gasteiger partial charge is 0.234 e. The van der Waals surface area contributed by atoms with Crippen LogP contribution in [0.4, 0.5) is 0 Å². The number of carbonyl (C=O) groups excluding carboxylic acids is 1. The molecule has 136 valence electrons. The second-order valence-corrected chi connectivity index (χ2v) is 7.49. The summed E-state index contributed by atoms with van der Waals surface area (Å²) in [4.78, 5) is 15.8. The van der Waals surface area contributed by atoms with Crippen molar-refractivity contribution in [2.45, 2.75) is 19.5 Å². The molecule has 0 spiro atoms. The number of benzene rings is 1. The second kappa shape index (κ2) is 9.55. The molecule has 1 unspecified atom stereocenters. The van der Waals surface area contributed by atoms with E-state index in [0.29, 0.717) is 13.1 Å². The van der Waals surface area contributed by atoms with Gasteiger partial charge in [-0.05, 0) is 41.6 Å². The van der Waals surface area contributed by atoms with Crippen LogP contribution in [-0.4, -0.2) is 37.0 Å². The van der Waals surface area contributed by atoms with E-state index in [-0.39, 0.29) is 24.4 Å². The van der Waals surface area contributed by atoms with Crippen LogP contribution < -0.4 is 10.6 Å². The van der Waals surface area contributed by atoms with E-state index in [1.165, 1.54) is 10.4 Å². The van der Waals surface area contributed by atoms with E-state index in [4.69, 9.17) is 11.6 Å². The maximum atomic E-state index is 12.4. The molecule has 1 aliphatic heterocycles. The van der Waals surface area contributed by atoms with Gasteiger partial charge in [0.05, 0.1) is 13.1 Å². The highest BCUT2D eigenvalue weighted by Gasteiger charge is 2.25. The molecule has 1 amide bonds. The lowest BCUT2D eigenvalue weighted by atomic mass is 10.0. The lowest BCUT2D eigenvalue weighted by molar-refractivity contribution is -0.123. The van der Waals surface area contributed by atoms with Gasteiger partial charge in [0.25, 0.3) is 0 Å². The van der Waals surface area contributed by atoms with Gasteiger partial charge in [0.2, 0.25) is 5.91 Å². The fourth-order valence-electron chi connectivity index (χ4n) is 2.98. The molecule has 1 aliphatic rings. The average Bonchev–Trinajstić information content (AvgIpc) is 2.98. The van der Waals surface area contributed by atoms with Crippen molar-refractivity contribution in [1.29, 1.82) is 0 Å². The van der Waals surface area contributed by atoms with E-state index >= 15 is 0 Å². The highest BCUT2D eigenvalue weighted by molar-refractivity contribution is 7.10. The second-order valence-electron chi connectivity index (χ2n) is 6.05. The summed E-state index contributed by atoms with van der Waals surface area (Å²) in [5, 5.41) is 9.23. The molecule has 1 aromatic heterocycles. The van der Waals surface area contributed by atoms with Gasteiger partial charge in [-0.2, -0.15) is 0 Å². The number of amides is 1. The van der Waals surface area contributed by atoms with Gasteiger partial charge < -0.3 is 10.6 Å². The maximum Gasteiger partial charge on any atom is 0.234 e. The quantitative estimate of drug-likeness (QED) is 0.809. The van der Waals surface area contributed by atoms with Crippen molar-refractivity contribution in [2.75, 3.05) is 26.2 Å². The Balaban J connectivity index is 0.00000225. The number of thiophene rings is 1. The maximum absolute atomic E-state index is 12.4. The first-order chi connectivity index (χ1) is 11.6. The Labute approximate surface area is 164 Å². The predicted molar refractivity (Wildman–Crippen MR) is 107 cm³/mol. The van der Waals surface area contributed by atoms with Crippen molar-refractivity contribution in [3.63, 3.8) is 0 Å². The normalized spacial score (nSPS) is 17.8. The zero-order valence-corrected chi connectivity index (χ0v) is 16.5. The summed E-state index contributed by atoms with van der Waals surface area (Å²) < 4.78 is 0. The minimum Gasteiger partial charge on any atom is -0.350 e. The molecule has 1 atom stereocenters. The van der Waals surface area contributed by atoms with Crippen molar-refractivity contribution in [1.82, 2.24) is 15.5 Å². The van der Waals surface area contributed by atoms with Gasteiger partial charge in [-0.3, -0.25) is 9.69 Å². The van der Waals surface area contributed by atoms with Crippen LogP contribution in [0.3, 0.4) is 0 Å². The molecule has 0 bridgehead atoms. The van der Waals surface area contributed by atoms with Gasteiger partial charge in [-0.25, -0.2) is 0 Å². The molecule has 4 nitrogen and oxygen atoms in total. The minimum atomic E-state index is 0. The van der Waals surface area contributed by atoms with Crippen molar-refractivity contribution in [3.8, 4) is 0 Å². The minimum absolute atomic E-state index is 0. The Kier molecular flexibility index (Phi) is 7.72. The van der Waals surface area contributed by atoms with Crippen LogP contribution in [-0.2, 0) is 11.3 Å². The summed E-state index contributed by atoms with van der Waals surface area (Å²) in [7, 11) is 0. The fraction of sp³-hybridized carbons (Fsp3) is 0.389. The molecule has 0 radical (unpaired) electrons. The number of hydrogen-bond donors (Lipinski definition) is 2. The molecule has 1 aromatic carbocycles. The molecule has 2 heterocycles. The van der Waals surface area contributed by atoms with Gasteiger partial charge in [-0.15, -0.1) is 23.7 Å². The largest absolute Gasteiger partial charge is 0.350 e. The SMILES string of the molecule is Cc1ccsc1CNC(=O)CN1CCNCC1c1cccc(Cl)c1.Cl. The van der Waals surface area contributed by atoms with E-state index < -0.39 is 0 Å². The third kappa shape index (κ3) is 5.43. The van der Waals surface area contributed by atoms with Gasteiger partial charge in [-0.1, -0.05) is 23.7 Å². The summed E-state index contributed by atoms with van der Waals surface area (Å²) in [6.07, 6.45) is 0. The average molecular weight is 400 g/mol. The predicted octanol–water partition coefficient (Wildman–Crippen LogP) is 3.39. The number of halogens is 2. The van der Waals surface area contributed by atoms with E-state index in [1.807, 2.05) is 18.2 Å². The summed E-state index contributed by atoms with van der Waals surface area (Å²) in [5.41, 5.74) is 2.39. The number of rotatable bonds is 5. The first kappa shape index (κ1) is 20.2. The van der Waals surface area contributed by atoms with Crippen LogP contribution in [0.25, 0.3) is 0 Å². The molecule has 0 saturated carbocycles. The topological polar surface area (TPSA) is 44.4 Å². The number of aryl methyl sites for hydroxylation is 1. The monoisotopic (exact) mass is 399 g/mol. The van der Waals surface area contributed by atoms with E-state index in [0.717, 1.165) is 30.2 Å². The lowest BCUT2D eigenvalue weighted by Crippen LogP contribution is -2.49. The van der Waals surface area contributed by atoms with Crippen LogP contribution in [0.1, 0.15) is 22.0 Å². The highest BCUT2D eigenvalue weighted by Crippen LogP contribution is 2.24. The molecule has 1 saturated heterocycles.